The molecule has 0 fully saturated rings. The van der Waals surface area contributed by atoms with E-state index in [0.717, 1.165) is 29.7 Å². The van der Waals surface area contributed by atoms with Crippen LogP contribution in [0.3, 0.4) is 0 Å². The molecule has 2 rings (SSSR count). The molecular weight excluding hydrogens is 432 g/mol. The number of aldehydes is 1. The maximum atomic E-state index is 12.2. The molecule has 0 saturated heterocycles. The highest BCUT2D eigenvalue weighted by atomic mass is 16.5. The summed E-state index contributed by atoms with van der Waals surface area (Å²) in [5.74, 6) is 0.927. The minimum absolute atomic E-state index is 0.0777. The Bertz CT molecular complexity index is 1000. The maximum Gasteiger partial charge on any atom is 0.145 e. The minimum Gasteiger partial charge on any atom is -0.497 e. The fourth-order valence-corrected chi connectivity index (χ4v) is 3.95. The topological polar surface area (TPSA) is 41.6 Å². The van der Waals surface area contributed by atoms with Gasteiger partial charge in [0.1, 0.15) is 12.0 Å². The summed E-state index contributed by atoms with van der Waals surface area (Å²) in [5.41, 5.74) is 4.06. The second-order valence-corrected chi connectivity index (χ2v) is 9.38. The largest absolute Gasteiger partial charge is 0.497 e. The number of hydrogen-bond donors (Lipinski definition) is 1. The van der Waals surface area contributed by atoms with Crippen LogP contribution in [0.5, 0.6) is 5.75 Å². The molecule has 0 radical (unpaired) electrons. The van der Waals surface area contributed by atoms with E-state index in [1.807, 2.05) is 42.5 Å². The van der Waals surface area contributed by atoms with Gasteiger partial charge >= 0.3 is 0 Å². The number of nitrogens with zero attached hydrogens (tertiary/aromatic N) is 1. The zero-order valence-corrected chi connectivity index (χ0v) is 21.7. The number of nitrogens with one attached hydrogen (secondary N) is 1. The average molecular weight is 473 g/mol. The Labute approximate surface area is 211 Å². The van der Waals surface area contributed by atoms with Gasteiger partial charge < -0.3 is 10.1 Å². The van der Waals surface area contributed by atoms with Crippen molar-refractivity contribution in [2.24, 2.45) is 0 Å². The van der Waals surface area contributed by atoms with Crippen LogP contribution in [0.25, 0.3) is 0 Å². The van der Waals surface area contributed by atoms with Crippen LogP contribution in [0, 0.1) is 0 Å². The van der Waals surface area contributed by atoms with E-state index in [-0.39, 0.29) is 11.5 Å². The van der Waals surface area contributed by atoms with Crippen molar-refractivity contribution in [1.29, 1.82) is 0 Å². The fourth-order valence-electron chi connectivity index (χ4n) is 3.95. The summed E-state index contributed by atoms with van der Waals surface area (Å²) in [6, 6.07) is 18.4. The first kappa shape index (κ1) is 28.0. The normalized spacial score (nSPS) is 13.4. The van der Waals surface area contributed by atoms with Crippen LogP contribution >= 0.6 is 0 Å². The number of hydrogen-bond acceptors (Lipinski definition) is 4. The number of methoxy groups -OCH3 is 1. The third kappa shape index (κ3) is 9.16. The first-order chi connectivity index (χ1) is 16.8. The monoisotopic (exact) mass is 472 g/mol. The average Bonchev–Trinajstić information content (AvgIpc) is 2.87. The van der Waals surface area contributed by atoms with Crippen LogP contribution in [-0.2, 0) is 11.3 Å². The summed E-state index contributed by atoms with van der Waals surface area (Å²) in [6.07, 6.45) is 9.32. The molecule has 0 aromatic heterocycles. The highest BCUT2D eigenvalue weighted by molar-refractivity contribution is 5.73. The van der Waals surface area contributed by atoms with Crippen molar-refractivity contribution < 1.29 is 9.53 Å². The molecule has 0 aliphatic heterocycles. The summed E-state index contributed by atoms with van der Waals surface area (Å²) in [5, 5.41) is 3.51. The summed E-state index contributed by atoms with van der Waals surface area (Å²) in [4.78, 5) is 14.5. The molecule has 0 saturated carbocycles. The second-order valence-electron chi connectivity index (χ2n) is 9.38. The van der Waals surface area contributed by atoms with Gasteiger partial charge in [-0.25, -0.2) is 0 Å². The van der Waals surface area contributed by atoms with Crippen LogP contribution in [-0.4, -0.2) is 44.0 Å². The van der Waals surface area contributed by atoms with Gasteiger partial charge in [-0.15, -0.1) is 0 Å². The van der Waals surface area contributed by atoms with E-state index in [2.05, 4.69) is 74.6 Å². The van der Waals surface area contributed by atoms with Crippen molar-refractivity contribution >= 4 is 6.29 Å². The Morgan fingerprint density at radius 2 is 1.77 bits per heavy atom. The lowest BCUT2D eigenvalue weighted by molar-refractivity contribution is -0.105. The van der Waals surface area contributed by atoms with Crippen molar-refractivity contribution in [2.75, 3.05) is 27.2 Å². The first-order valence-corrected chi connectivity index (χ1v) is 12.0. The van der Waals surface area contributed by atoms with Crippen molar-refractivity contribution in [3.8, 4) is 5.75 Å². The molecule has 0 spiro atoms. The molecule has 2 aromatic carbocycles. The Balaban J connectivity index is 2.16. The predicted molar refractivity (Wildman–Crippen MR) is 148 cm³/mol. The maximum absolute atomic E-state index is 12.2. The van der Waals surface area contributed by atoms with E-state index in [1.54, 1.807) is 13.2 Å². The van der Waals surface area contributed by atoms with Gasteiger partial charge in [-0.05, 0) is 61.7 Å². The quantitative estimate of drug-likeness (QED) is 0.193. The highest BCUT2D eigenvalue weighted by Crippen LogP contribution is 2.27. The van der Waals surface area contributed by atoms with Gasteiger partial charge in [-0.3, -0.25) is 9.69 Å². The molecule has 1 atom stereocenters. The zero-order valence-electron chi connectivity index (χ0n) is 21.7. The zero-order chi connectivity index (χ0) is 25.7. The van der Waals surface area contributed by atoms with E-state index < -0.39 is 0 Å². The van der Waals surface area contributed by atoms with Crippen LogP contribution in [0.15, 0.2) is 103 Å². The number of ether oxygens (including phenoxy) is 1. The summed E-state index contributed by atoms with van der Waals surface area (Å²) >= 11 is 0. The van der Waals surface area contributed by atoms with Crippen LogP contribution in [0.2, 0.25) is 0 Å². The van der Waals surface area contributed by atoms with E-state index in [9.17, 15) is 4.79 Å². The van der Waals surface area contributed by atoms with Crippen LogP contribution in [0.1, 0.15) is 37.3 Å². The summed E-state index contributed by atoms with van der Waals surface area (Å²) < 4.78 is 5.26. The predicted octanol–water partition coefficient (Wildman–Crippen LogP) is 6.09. The molecule has 1 N–H and O–H groups in total. The van der Waals surface area contributed by atoms with E-state index >= 15 is 0 Å². The van der Waals surface area contributed by atoms with Gasteiger partial charge in [-0.2, -0.15) is 0 Å². The molecule has 4 nitrogen and oxygen atoms in total. The Morgan fingerprint density at radius 3 is 2.34 bits per heavy atom. The lowest BCUT2D eigenvalue weighted by Crippen LogP contribution is -2.41. The van der Waals surface area contributed by atoms with Gasteiger partial charge in [0.2, 0.25) is 0 Å². The summed E-state index contributed by atoms with van der Waals surface area (Å²) in [6.45, 7) is 14.2. The van der Waals surface area contributed by atoms with E-state index in [0.29, 0.717) is 19.5 Å². The fraction of sp³-hybridized carbons (Fsp3) is 0.323. The van der Waals surface area contributed by atoms with Crippen molar-refractivity contribution in [3.05, 3.63) is 114 Å². The van der Waals surface area contributed by atoms with Gasteiger partial charge in [0, 0.05) is 31.1 Å². The molecule has 0 aliphatic rings. The molecule has 186 valence electrons. The van der Waals surface area contributed by atoms with E-state index in [1.165, 1.54) is 11.1 Å². The Kier molecular flexibility index (Phi) is 11.4. The highest BCUT2D eigenvalue weighted by Gasteiger charge is 2.25. The molecule has 0 heterocycles. The molecule has 2 aromatic rings. The van der Waals surface area contributed by atoms with Gasteiger partial charge in [0.15, 0.2) is 0 Å². The number of benzene rings is 2. The summed E-state index contributed by atoms with van der Waals surface area (Å²) in [7, 11) is 3.78. The molecular formula is C31H40N2O2. The van der Waals surface area contributed by atoms with Crippen LogP contribution < -0.4 is 10.1 Å². The molecule has 0 bridgehead atoms. The SMILES string of the molecule is C=C/C=C(\C=C)CNCC(/C=C(/C=O)CC(C)(C)N(C)Cc1ccc(OC)cc1)c1ccccc1. The molecule has 4 heteroatoms. The smallest absolute Gasteiger partial charge is 0.145 e. The van der Waals surface area contributed by atoms with Crippen molar-refractivity contribution in [3.63, 3.8) is 0 Å². The third-order valence-electron chi connectivity index (χ3n) is 6.33. The first-order valence-electron chi connectivity index (χ1n) is 12.0. The molecule has 0 amide bonds. The molecule has 35 heavy (non-hydrogen) atoms. The number of carbonyl (C=O) groups excluding carboxylic acids is 1. The molecule has 1 unspecified atom stereocenters. The third-order valence-corrected chi connectivity index (χ3v) is 6.33. The number of rotatable bonds is 15. The second kappa shape index (κ2) is 14.2. The number of allylic oxidation sites excluding steroid dienone is 2. The minimum atomic E-state index is -0.204. The molecule has 0 aliphatic carbocycles. The van der Waals surface area contributed by atoms with Crippen LogP contribution in [0.4, 0.5) is 0 Å². The standard InChI is InChI=1S/C31H40N2O2/c1-7-12-25(8-2)21-32-22-29(28-13-10-9-11-14-28)19-27(24-34)20-31(3,4)33(5)23-26-15-17-30(35-6)18-16-26/h7-19,24,29,32H,1-2,20-23H2,3-6H3/b25-12+,27-19+. The lowest BCUT2D eigenvalue weighted by Gasteiger charge is -2.36. The Morgan fingerprint density at radius 1 is 1.09 bits per heavy atom. The number of carbonyl (C=O) groups is 1. The van der Waals surface area contributed by atoms with Gasteiger partial charge in [-0.1, -0.05) is 79.9 Å². The van der Waals surface area contributed by atoms with Gasteiger partial charge in [0.05, 0.1) is 7.11 Å². The van der Waals surface area contributed by atoms with Crippen molar-refractivity contribution in [1.82, 2.24) is 10.2 Å². The lowest BCUT2D eigenvalue weighted by atomic mass is 9.89. The van der Waals surface area contributed by atoms with E-state index in [4.69, 9.17) is 4.74 Å². The Hall–Kier alpha value is -3.21. The van der Waals surface area contributed by atoms with Crippen molar-refractivity contribution in [2.45, 2.75) is 38.3 Å². The van der Waals surface area contributed by atoms with Gasteiger partial charge in [0.25, 0.3) is 0 Å².